The van der Waals surface area contributed by atoms with E-state index in [1.807, 2.05) is 37.3 Å². The van der Waals surface area contributed by atoms with Gasteiger partial charge < -0.3 is 5.32 Å². The van der Waals surface area contributed by atoms with Crippen molar-refractivity contribution in [3.63, 3.8) is 0 Å². The SMILES string of the molecule is CCNCCCN(C)S(=O)(=O)N(C)Cc1ccccc1. The molecule has 0 aliphatic rings. The summed E-state index contributed by atoms with van der Waals surface area (Å²) in [5.41, 5.74) is 0.986. The molecule has 0 amide bonds. The first-order valence-corrected chi connectivity index (χ1v) is 8.30. The third-order valence-corrected chi connectivity index (χ3v) is 5.00. The first-order chi connectivity index (χ1) is 9.48. The first kappa shape index (κ1) is 17.1. The van der Waals surface area contributed by atoms with Crippen LogP contribution in [-0.4, -0.2) is 50.8 Å². The zero-order chi connectivity index (χ0) is 15.0. The van der Waals surface area contributed by atoms with Crippen LogP contribution in [0, 0.1) is 0 Å². The predicted octanol–water partition coefficient (Wildman–Crippen LogP) is 1.29. The highest BCUT2D eigenvalue weighted by Gasteiger charge is 2.23. The van der Waals surface area contributed by atoms with Crippen molar-refractivity contribution in [2.24, 2.45) is 0 Å². The van der Waals surface area contributed by atoms with Crippen LogP contribution in [0.15, 0.2) is 30.3 Å². The zero-order valence-electron chi connectivity index (χ0n) is 12.5. The van der Waals surface area contributed by atoms with Crippen LogP contribution in [0.5, 0.6) is 0 Å². The fourth-order valence-corrected chi connectivity index (χ4v) is 3.03. The summed E-state index contributed by atoms with van der Waals surface area (Å²) < 4.78 is 27.5. The summed E-state index contributed by atoms with van der Waals surface area (Å²) in [6.07, 6.45) is 0.808. The van der Waals surface area contributed by atoms with Crippen LogP contribution in [0.1, 0.15) is 18.9 Å². The normalized spacial score (nSPS) is 12.2. The Kier molecular flexibility index (Phi) is 7.15. The third kappa shape index (κ3) is 5.20. The lowest BCUT2D eigenvalue weighted by Gasteiger charge is -2.24. The highest BCUT2D eigenvalue weighted by molar-refractivity contribution is 7.86. The van der Waals surface area contributed by atoms with Gasteiger partial charge in [0.25, 0.3) is 10.2 Å². The van der Waals surface area contributed by atoms with E-state index < -0.39 is 10.2 Å². The molecule has 0 heterocycles. The van der Waals surface area contributed by atoms with Gasteiger partial charge in [-0.3, -0.25) is 0 Å². The molecule has 114 valence electrons. The Morgan fingerprint density at radius 1 is 1.10 bits per heavy atom. The van der Waals surface area contributed by atoms with E-state index in [1.165, 1.54) is 8.61 Å². The minimum atomic E-state index is -3.39. The molecule has 1 aromatic rings. The summed E-state index contributed by atoms with van der Waals surface area (Å²) in [4.78, 5) is 0. The fourth-order valence-electron chi connectivity index (χ4n) is 1.88. The van der Waals surface area contributed by atoms with Crippen LogP contribution in [0.3, 0.4) is 0 Å². The molecule has 0 fully saturated rings. The molecule has 20 heavy (non-hydrogen) atoms. The molecule has 0 aliphatic carbocycles. The van der Waals surface area contributed by atoms with E-state index in [4.69, 9.17) is 0 Å². The number of hydrogen-bond donors (Lipinski definition) is 1. The van der Waals surface area contributed by atoms with Gasteiger partial charge >= 0.3 is 0 Å². The molecule has 1 N–H and O–H groups in total. The van der Waals surface area contributed by atoms with Crippen molar-refractivity contribution in [3.05, 3.63) is 35.9 Å². The minimum absolute atomic E-state index is 0.390. The second-order valence-electron chi connectivity index (χ2n) is 4.78. The summed E-state index contributed by atoms with van der Waals surface area (Å²) in [6.45, 7) is 4.69. The molecule has 5 nitrogen and oxygen atoms in total. The molecule has 0 saturated carbocycles. The molecule has 0 bridgehead atoms. The van der Waals surface area contributed by atoms with Crippen LogP contribution in [0.2, 0.25) is 0 Å². The topological polar surface area (TPSA) is 52.7 Å². The van der Waals surface area contributed by atoms with Crippen LogP contribution < -0.4 is 5.32 Å². The van der Waals surface area contributed by atoms with Crippen LogP contribution in [0.25, 0.3) is 0 Å². The van der Waals surface area contributed by atoms with E-state index in [-0.39, 0.29) is 0 Å². The largest absolute Gasteiger partial charge is 0.317 e. The summed E-state index contributed by atoms with van der Waals surface area (Å²) in [6, 6.07) is 9.60. The van der Waals surface area contributed by atoms with Gasteiger partial charge in [0, 0.05) is 27.2 Å². The van der Waals surface area contributed by atoms with Gasteiger partial charge in [-0.25, -0.2) is 0 Å². The molecule has 1 aromatic carbocycles. The number of benzene rings is 1. The Labute approximate surface area is 122 Å². The Bertz CT molecular complexity index is 476. The Hall–Kier alpha value is -0.950. The van der Waals surface area contributed by atoms with Crippen LogP contribution in [0.4, 0.5) is 0 Å². The highest BCUT2D eigenvalue weighted by atomic mass is 32.2. The smallest absolute Gasteiger partial charge is 0.281 e. The van der Waals surface area contributed by atoms with E-state index in [1.54, 1.807) is 14.1 Å². The lowest BCUT2D eigenvalue weighted by molar-refractivity contribution is 0.384. The number of rotatable bonds is 9. The van der Waals surface area contributed by atoms with Crippen molar-refractivity contribution >= 4 is 10.2 Å². The molecule has 0 aromatic heterocycles. The van der Waals surface area contributed by atoms with Gasteiger partial charge in [-0.05, 0) is 25.1 Å². The first-order valence-electron chi connectivity index (χ1n) is 6.90. The highest BCUT2D eigenvalue weighted by Crippen LogP contribution is 2.10. The maximum absolute atomic E-state index is 12.3. The summed E-state index contributed by atoms with van der Waals surface area (Å²) in [5, 5.41) is 3.19. The van der Waals surface area contributed by atoms with Crippen molar-refractivity contribution in [2.45, 2.75) is 19.9 Å². The predicted molar refractivity (Wildman–Crippen MR) is 82.6 cm³/mol. The number of nitrogens with zero attached hydrogens (tertiary/aromatic N) is 2. The van der Waals surface area contributed by atoms with Gasteiger partial charge in [-0.2, -0.15) is 17.0 Å². The molecule has 1 rings (SSSR count). The molecule has 0 unspecified atom stereocenters. The average Bonchev–Trinajstić information content (AvgIpc) is 2.44. The van der Waals surface area contributed by atoms with Gasteiger partial charge in [0.15, 0.2) is 0 Å². The van der Waals surface area contributed by atoms with E-state index in [9.17, 15) is 8.42 Å². The van der Waals surface area contributed by atoms with Gasteiger partial charge in [0.2, 0.25) is 0 Å². The van der Waals surface area contributed by atoms with Crippen molar-refractivity contribution in [1.82, 2.24) is 13.9 Å². The van der Waals surface area contributed by atoms with Crippen molar-refractivity contribution in [1.29, 1.82) is 0 Å². The maximum Gasteiger partial charge on any atom is 0.281 e. The maximum atomic E-state index is 12.3. The number of hydrogen-bond acceptors (Lipinski definition) is 3. The second kappa shape index (κ2) is 8.36. The van der Waals surface area contributed by atoms with Crippen LogP contribution in [-0.2, 0) is 16.8 Å². The summed E-state index contributed by atoms with van der Waals surface area (Å²) in [5.74, 6) is 0. The van der Waals surface area contributed by atoms with E-state index >= 15 is 0 Å². The average molecular weight is 299 g/mol. The molecular weight excluding hydrogens is 274 g/mol. The standard InChI is InChI=1S/C14H25N3O2S/c1-4-15-11-8-12-16(2)20(18,19)17(3)13-14-9-6-5-7-10-14/h5-7,9-10,15H,4,8,11-13H2,1-3H3. The monoisotopic (exact) mass is 299 g/mol. The third-order valence-electron chi connectivity index (χ3n) is 3.11. The summed E-state index contributed by atoms with van der Waals surface area (Å²) >= 11 is 0. The van der Waals surface area contributed by atoms with Crippen molar-refractivity contribution in [2.75, 3.05) is 33.7 Å². The quantitative estimate of drug-likeness (QED) is 0.699. The second-order valence-corrected chi connectivity index (χ2v) is 6.92. The molecule has 0 aliphatic heterocycles. The Morgan fingerprint density at radius 3 is 2.35 bits per heavy atom. The van der Waals surface area contributed by atoms with Crippen molar-refractivity contribution in [3.8, 4) is 0 Å². The Morgan fingerprint density at radius 2 is 1.75 bits per heavy atom. The van der Waals surface area contributed by atoms with Gasteiger partial charge in [-0.15, -0.1) is 0 Å². The van der Waals surface area contributed by atoms with Gasteiger partial charge in [0.1, 0.15) is 0 Å². The van der Waals surface area contributed by atoms with E-state index in [0.29, 0.717) is 13.1 Å². The molecule has 0 radical (unpaired) electrons. The van der Waals surface area contributed by atoms with Gasteiger partial charge in [-0.1, -0.05) is 37.3 Å². The van der Waals surface area contributed by atoms with E-state index in [0.717, 1.165) is 25.1 Å². The Balaban J connectivity index is 2.53. The molecule has 0 spiro atoms. The minimum Gasteiger partial charge on any atom is -0.317 e. The molecular formula is C14H25N3O2S. The van der Waals surface area contributed by atoms with Crippen LogP contribution >= 0.6 is 0 Å². The van der Waals surface area contributed by atoms with Crippen molar-refractivity contribution < 1.29 is 8.42 Å². The number of nitrogens with one attached hydrogen (secondary N) is 1. The molecule has 0 atom stereocenters. The fraction of sp³-hybridized carbons (Fsp3) is 0.571. The zero-order valence-corrected chi connectivity index (χ0v) is 13.4. The molecule has 0 saturated heterocycles. The van der Waals surface area contributed by atoms with Gasteiger partial charge in [0.05, 0.1) is 0 Å². The summed E-state index contributed by atoms with van der Waals surface area (Å²) in [7, 11) is -0.144. The molecule has 6 heteroatoms. The lowest BCUT2D eigenvalue weighted by atomic mass is 10.2. The van der Waals surface area contributed by atoms with E-state index in [2.05, 4.69) is 5.32 Å². The lowest BCUT2D eigenvalue weighted by Crippen LogP contribution is -2.40.